The van der Waals surface area contributed by atoms with Crippen molar-refractivity contribution in [3.63, 3.8) is 0 Å². The normalized spacial score (nSPS) is 32.0. The van der Waals surface area contributed by atoms with Crippen molar-refractivity contribution in [2.75, 3.05) is 19.6 Å². The second-order valence-corrected chi connectivity index (χ2v) is 8.00. The maximum atomic E-state index is 14.6. The Morgan fingerprint density at radius 1 is 1.22 bits per heavy atom. The number of carbonyl (C=O) groups excluding carboxylic acids is 1. The van der Waals surface area contributed by atoms with E-state index in [0.717, 1.165) is 37.7 Å². The van der Waals surface area contributed by atoms with Crippen molar-refractivity contribution in [2.45, 2.75) is 37.8 Å². The molecule has 6 rings (SSSR count). The Kier molecular flexibility index (Phi) is 3.82. The standard InChI is InChI=1S/C20H22F2N4O/c1-11-9-16(24-23-11)20(27)26-10-14(13-3-2-4-15(21)17(13)22)19-18(26)12-5-7-25(19)8-6-12/h2-4,9,12,14,18-19H,5-8,10H2,1H3,(H,23,24). The van der Waals surface area contributed by atoms with Crippen LogP contribution in [0.2, 0.25) is 0 Å². The van der Waals surface area contributed by atoms with Gasteiger partial charge in [0.15, 0.2) is 11.6 Å². The van der Waals surface area contributed by atoms with Crippen LogP contribution >= 0.6 is 0 Å². The van der Waals surface area contributed by atoms with Crippen molar-refractivity contribution in [2.24, 2.45) is 5.92 Å². The predicted molar refractivity (Wildman–Crippen MR) is 95.3 cm³/mol. The van der Waals surface area contributed by atoms with Crippen LogP contribution in [0.5, 0.6) is 0 Å². The van der Waals surface area contributed by atoms with Gasteiger partial charge in [0.1, 0.15) is 5.69 Å². The third kappa shape index (κ3) is 2.51. The summed E-state index contributed by atoms with van der Waals surface area (Å²) in [5.41, 5.74) is 1.60. The van der Waals surface area contributed by atoms with Gasteiger partial charge in [-0.2, -0.15) is 5.10 Å². The number of rotatable bonds is 2. The molecule has 1 aromatic carbocycles. The van der Waals surface area contributed by atoms with Crippen molar-refractivity contribution in [1.29, 1.82) is 0 Å². The van der Waals surface area contributed by atoms with Crippen LogP contribution in [-0.4, -0.2) is 57.6 Å². The van der Waals surface area contributed by atoms with Crippen molar-refractivity contribution in [1.82, 2.24) is 20.0 Å². The van der Waals surface area contributed by atoms with Crippen LogP contribution in [0.15, 0.2) is 24.3 Å². The fraction of sp³-hybridized carbons (Fsp3) is 0.500. The Bertz CT molecular complexity index is 890. The summed E-state index contributed by atoms with van der Waals surface area (Å²) in [6, 6.07) is 6.18. The van der Waals surface area contributed by atoms with E-state index < -0.39 is 11.6 Å². The molecule has 1 amide bonds. The number of nitrogens with one attached hydrogen (secondary N) is 1. The van der Waals surface area contributed by atoms with Gasteiger partial charge >= 0.3 is 0 Å². The van der Waals surface area contributed by atoms with E-state index in [1.165, 1.54) is 0 Å². The smallest absolute Gasteiger partial charge is 0.274 e. The van der Waals surface area contributed by atoms with Gasteiger partial charge in [0, 0.05) is 24.2 Å². The number of benzene rings is 1. The SMILES string of the molecule is Cc1cc(C(=O)N2CC(c3cccc(F)c3F)C3C2C2CCN3CC2)n[nH]1. The third-order valence-corrected chi connectivity index (χ3v) is 6.56. The molecule has 0 saturated carbocycles. The van der Waals surface area contributed by atoms with Gasteiger partial charge < -0.3 is 4.90 Å². The van der Waals surface area contributed by atoms with Gasteiger partial charge in [-0.25, -0.2) is 8.78 Å². The Morgan fingerprint density at radius 3 is 2.70 bits per heavy atom. The molecular formula is C20H22F2N4O. The average Bonchev–Trinajstić information content (AvgIpc) is 3.30. The summed E-state index contributed by atoms with van der Waals surface area (Å²) >= 11 is 0. The molecule has 2 aromatic rings. The summed E-state index contributed by atoms with van der Waals surface area (Å²) in [5.74, 6) is -1.55. The van der Waals surface area contributed by atoms with E-state index >= 15 is 0 Å². The highest BCUT2D eigenvalue weighted by atomic mass is 19.2. The number of aromatic nitrogens is 2. The van der Waals surface area contributed by atoms with Crippen molar-refractivity contribution in [3.05, 3.63) is 52.9 Å². The van der Waals surface area contributed by atoms with E-state index in [2.05, 4.69) is 15.1 Å². The fourth-order valence-electron chi connectivity index (χ4n) is 5.41. The molecule has 0 spiro atoms. The molecule has 0 aliphatic carbocycles. The number of aryl methyl sites for hydroxylation is 1. The van der Waals surface area contributed by atoms with Gasteiger partial charge in [0.05, 0.1) is 6.04 Å². The number of hydrogen-bond acceptors (Lipinski definition) is 3. The van der Waals surface area contributed by atoms with Crippen LogP contribution in [0.3, 0.4) is 0 Å². The highest BCUT2D eigenvalue weighted by molar-refractivity contribution is 5.93. The lowest BCUT2D eigenvalue weighted by Gasteiger charge is -2.51. The van der Waals surface area contributed by atoms with Gasteiger partial charge in [0.25, 0.3) is 5.91 Å². The molecule has 1 aromatic heterocycles. The Hall–Kier alpha value is -2.28. The number of halogens is 2. The lowest BCUT2D eigenvalue weighted by Crippen LogP contribution is -2.60. The number of carbonyl (C=O) groups is 1. The molecule has 7 heteroatoms. The topological polar surface area (TPSA) is 52.2 Å². The van der Waals surface area contributed by atoms with Crippen LogP contribution in [0.25, 0.3) is 0 Å². The molecule has 1 N–H and O–H groups in total. The largest absolute Gasteiger partial charge is 0.332 e. The molecule has 5 heterocycles. The summed E-state index contributed by atoms with van der Waals surface area (Å²) in [4.78, 5) is 17.4. The lowest BCUT2D eigenvalue weighted by molar-refractivity contribution is -0.00376. The lowest BCUT2D eigenvalue weighted by atomic mass is 9.75. The van der Waals surface area contributed by atoms with Crippen LogP contribution in [0.1, 0.15) is 40.5 Å². The maximum absolute atomic E-state index is 14.6. The summed E-state index contributed by atoms with van der Waals surface area (Å²) < 4.78 is 28.5. The van der Waals surface area contributed by atoms with Gasteiger partial charge in [-0.05, 0) is 56.5 Å². The number of hydrogen-bond donors (Lipinski definition) is 1. The average molecular weight is 372 g/mol. The van der Waals surface area contributed by atoms with Crippen molar-refractivity contribution < 1.29 is 13.6 Å². The van der Waals surface area contributed by atoms with E-state index in [4.69, 9.17) is 0 Å². The second-order valence-electron chi connectivity index (χ2n) is 8.00. The zero-order chi connectivity index (χ0) is 18.7. The molecule has 142 valence electrons. The van der Waals surface area contributed by atoms with Gasteiger partial charge in [-0.15, -0.1) is 0 Å². The first-order chi connectivity index (χ1) is 13.0. The molecule has 4 saturated heterocycles. The number of amides is 1. The highest BCUT2D eigenvalue weighted by Gasteiger charge is 2.55. The van der Waals surface area contributed by atoms with Gasteiger partial charge in [-0.3, -0.25) is 14.8 Å². The first-order valence-electron chi connectivity index (χ1n) is 9.55. The molecule has 4 aliphatic rings. The predicted octanol–water partition coefficient (Wildman–Crippen LogP) is 2.70. The molecule has 3 atom stereocenters. The van der Waals surface area contributed by atoms with Gasteiger partial charge in [0.2, 0.25) is 0 Å². The highest BCUT2D eigenvalue weighted by Crippen LogP contribution is 2.47. The quantitative estimate of drug-likeness (QED) is 0.882. The van der Waals surface area contributed by atoms with E-state index in [1.807, 2.05) is 11.8 Å². The van der Waals surface area contributed by atoms with Crippen molar-refractivity contribution in [3.8, 4) is 0 Å². The Morgan fingerprint density at radius 2 is 2.00 bits per heavy atom. The summed E-state index contributed by atoms with van der Waals surface area (Å²) in [6.07, 6.45) is 2.09. The van der Waals surface area contributed by atoms with E-state index in [-0.39, 0.29) is 23.9 Å². The van der Waals surface area contributed by atoms with Gasteiger partial charge in [-0.1, -0.05) is 12.1 Å². The van der Waals surface area contributed by atoms with Crippen LogP contribution < -0.4 is 0 Å². The third-order valence-electron chi connectivity index (χ3n) is 6.56. The molecule has 27 heavy (non-hydrogen) atoms. The van der Waals surface area contributed by atoms with Crippen LogP contribution in [0, 0.1) is 24.5 Å². The number of piperidine rings is 3. The number of fused-ring (bicyclic) bond motifs is 2. The number of aromatic amines is 1. The van der Waals surface area contributed by atoms with E-state index in [0.29, 0.717) is 23.7 Å². The second kappa shape index (κ2) is 6.12. The van der Waals surface area contributed by atoms with Crippen LogP contribution in [0.4, 0.5) is 8.78 Å². The molecular weight excluding hydrogens is 350 g/mol. The van der Waals surface area contributed by atoms with E-state index in [1.54, 1.807) is 18.2 Å². The Labute approximate surface area is 156 Å². The zero-order valence-corrected chi connectivity index (χ0v) is 15.2. The molecule has 4 fully saturated rings. The number of nitrogens with zero attached hydrogens (tertiary/aromatic N) is 3. The minimum absolute atomic E-state index is 0.0321. The molecule has 5 nitrogen and oxygen atoms in total. The van der Waals surface area contributed by atoms with Crippen LogP contribution in [-0.2, 0) is 0 Å². The number of likely N-dealkylation sites (tertiary alicyclic amines) is 1. The first kappa shape index (κ1) is 16.9. The molecule has 3 unspecified atom stereocenters. The van der Waals surface area contributed by atoms with Crippen molar-refractivity contribution >= 4 is 5.91 Å². The van der Waals surface area contributed by atoms with E-state index in [9.17, 15) is 13.6 Å². The minimum Gasteiger partial charge on any atom is -0.332 e. The maximum Gasteiger partial charge on any atom is 0.274 e. The fourth-order valence-corrected chi connectivity index (χ4v) is 5.41. The zero-order valence-electron chi connectivity index (χ0n) is 15.2. The summed E-state index contributed by atoms with van der Waals surface area (Å²) in [5, 5.41) is 6.95. The molecule has 2 bridgehead atoms. The molecule has 0 radical (unpaired) electrons. The summed E-state index contributed by atoms with van der Waals surface area (Å²) in [7, 11) is 0. The monoisotopic (exact) mass is 372 g/mol. The minimum atomic E-state index is -0.826. The number of H-pyrrole nitrogens is 1. The summed E-state index contributed by atoms with van der Waals surface area (Å²) in [6.45, 7) is 4.18. The Balaban J connectivity index is 1.56. The molecule has 4 aliphatic heterocycles. The first-order valence-corrected chi connectivity index (χ1v) is 9.55.